The van der Waals surface area contributed by atoms with E-state index in [4.69, 9.17) is 4.74 Å². The molecule has 1 heterocycles. The number of halogens is 3. The Morgan fingerprint density at radius 1 is 1.35 bits per heavy atom. The maximum Gasteiger partial charge on any atom is 0.416 e. The van der Waals surface area contributed by atoms with Gasteiger partial charge in [-0.1, -0.05) is 12.1 Å². The van der Waals surface area contributed by atoms with E-state index >= 15 is 0 Å². The standard InChI is InChI=1S/C14H16F3NO2/c1-9(18-13(19)11-6-7-20-8-11)10-2-4-12(5-3-10)14(15,16)17/h2-5,9,11H,6-8H2,1H3,(H,18,19)/t9-,11-/m1/s1. The molecule has 1 aromatic carbocycles. The van der Waals surface area contributed by atoms with E-state index in [0.29, 0.717) is 25.2 Å². The average Bonchev–Trinajstić information content (AvgIpc) is 2.91. The fraction of sp³-hybridized carbons (Fsp3) is 0.500. The van der Waals surface area contributed by atoms with Gasteiger partial charge in [0, 0.05) is 6.61 Å². The molecular formula is C14H16F3NO2. The van der Waals surface area contributed by atoms with Crippen LogP contribution in [0.3, 0.4) is 0 Å². The predicted molar refractivity (Wildman–Crippen MR) is 66.9 cm³/mol. The van der Waals surface area contributed by atoms with E-state index in [0.717, 1.165) is 12.1 Å². The van der Waals surface area contributed by atoms with Gasteiger partial charge in [0.25, 0.3) is 0 Å². The summed E-state index contributed by atoms with van der Waals surface area (Å²) < 4.78 is 42.5. The van der Waals surface area contributed by atoms with Gasteiger partial charge in [-0.2, -0.15) is 13.2 Å². The zero-order valence-electron chi connectivity index (χ0n) is 11.0. The highest BCUT2D eigenvalue weighted by Crippen LogP contribution is 2.30. The Balaban J connectivity index is 1.98. The van der Waals surface area contributed by atoms with Crippen LogP contribution in [-0.4, -0.2) is 19.1 Å². The Morgan fingerprint density at radius 3 is 2.50 bits per heavy atom. The number of alkyl halides is 3. The Hall–Kier alpha value is -1.56. The first-order valence-corrected chi connectivity index (χ1v) is 6.43. The van der Waals surface area contributed by atoms with Crippen molar-refractivity contribution in [3.63, 3.8) is 0 Å². The van der Waals surface area contributed by atoms with E-state index < -0.39 is 11.7 Å². The van der Waals surface area contributed by atoms with Gasteiger partial charge in [0.05, 0.1) is 24.1 Å². The zero-order chi connectivity index (χ0) is 14.8. The molecule has 1 fully saturated rings. The number of rotatable bonds is 3. The first-order valence-electron chi connectivity index (χ1n) is 6.43. The molecule has 110 valence electrons. The number of nitrogens with one attached hydrogen (secondary N) is 1. The van der Waals surface area contributed by atoms with Gasteiger partial charge in [-0.25, -0.2) is 0 Å². The van der Waals surface area contributed by atoms with Crippen LogP contribution in [-0.2, 0) is 15.7 Å². The molecule has 3 nitrogen and oxygen atoms in total. The van der Waals surface area contributed by atoms with Gasteiger partial charge >= 0.3 is 6.18 Å². The Labute approximate surface area is 115 Å². The second kappa shape index (κ2) is 5.83. The van der Waals surface area contributed by atoms with Crippen LogP contribution in [0.2, 0.25) is 0 Å². The summed E-state index contributed by atoms with van der Waals surface area (Å²) in [5.41, 5.74) is -0.0470. The lowest BCUT2D eigenvalue weighted by molar-refractivity contribution is -0.137. The van der Waals surface area contributed by atoms with Crippen molar-refractivity contribution in [2.75, 3.05) is 13.2 Å². The monoisotopic (exact) mass is 287 g/mol. The van der Waals surface area contributed by atoms with Crippen molar-refractivity contribution in [2.45, 2.75) is 25.6 Å². The van der Waals surface area contributed by atoms with Crippen molar-refractivity contribution in [2.24, 2.45) is 5.92 Å². The highest BCUT2D eigenvalue weighted by Gasteiger charge is 2.30. The normalized spacial score (nSPS) is 20.7. The van der Waals surface area contributed by atoms with Gasteiger partial charge in [-0.05, 0) is 31.0 Å². The van der Waals surface area contributed by atoms with Crippen molar-refractivity contribution in [1.29, 1.82) is 0 Å². The van der Waals surface area contributed by atoms with Gasteiger partial charge in [0.15, 0.2) is 0 Å². The van der Waals surface area contributed by atoms with Gasteiger partial charge in [0.2, 0.25) is 5.91 Å². The maximum absolute atomic E-state index is 12.5. The molecule has 0 spiro atoms. The van der Waals surface area contributed by atoms with Crippen LogP contribution >= 0.6 is 0 Å². The molecule has 0 aliphatic carbocycles. The molecule has 1 aromatic rings. The van der Waals surface area contributed by atoms with Crippen LogP contribution in [0.4, 0.5) is 13.2 Å². The maximum atomic E-state index is 12.5. The van der Waals surface area contributed by atoms with Crippen LogP contribution in [0.15, 0.2) is 24.3 Å². The van der Waals surface area contributed by atoms with E-state index in [1.165, 1.54) is 12.1 Å². The van der Waals surface area contributed by atoms with Gasteiger partial charge in [-0.15, -0.1) is 0 Å². The Bertz CT molecular complexity index is 464. The molecule has 0 radical (unpaired) electrons. The lowest BCUT2D eigenvalue weighted by Gasteiger charge is -2.17. The average molecular weight is 287 g/mol. The zero-order valence-corrected chi connectivity index (χ0v) is 11.0. The highest BCUT2D eigenvalue weighted by molar-refractivity contribution is 5.79. The van der Waals surface area contributed by atoms with E-state index in [-0.39, 0.29) is 17.9 Å². The minimum atomic E-state index is -4.34. The number of hydrogen-bond acceptors (Lipinski definition) is 2. The second-order valence-corrected chi connectivity index (χ2v) is 4.91. The van der Waals surface area contributed by atoms with E-state index in [2.05, 4.69) is 5.32 Å². The predicted octanol–water partition coefficient (Wildman–Crippen LogP) is 2.92. The molecular weight excluding hydrogens is 271 g/mol. The molecule has 1 aliphatic heterocycles. The summed E-state index contributed by atoms with van der Waals surface area (Å²) in [4.78, 5) is 11.9. The molecule has 0 saturated carbocycles. The number of amides is 1. The number of hydrogen-bond donors (Lipinski definition) is 1. The van der Waals surface area contributed by atoms with Gasteiger partial charge in [-0.3, -0.25) is 4.79 Å². The third-order valence-electron chi connectivity index (χ3n) is 3.40. The van der Waals surface area contributed by atoms with Gasteiger partial charge < -0.3 is 10.1 Å². The summed E-state index contributed by atoms with van der Waals surface area (Å²) in [6.07, 6.45) is -3.65. The van der Waals surface area contributed by atoms with Crippen LogP contribution in [0, 0.1) is 5.92 Å². The lowest BCUT2D eigenvalue weighted by Crippen LogP contribution is -2.33. The molecule has 1 N–H and O–H groups in total. The minimum absolute atomic E-state index is 0.116. The number of benzene rings is 1. The fourth-order valence-electron chi connectivity index (χ4n) is 2.12. The van der Waals surface area contributed by atoms with E-state index in [9.17, 15) is 18.0 Å². The molecule has 1 aliphatic rings. The van der Waals surface area contributed by atoms with E-state index in [1.54, 1.807) is 6.92 Å². The van der Waals surface area contributed by atoms with Crippen LogP contribution in [0.5, 0.6) is 0 Å². The number of carbonyl (C=O) groups is 1. The summed E-state index contributed by atoms with van der Waals surface area (Å²) in [6.45, 7) is 2.73. The summed E-state index contributed by atoms with van der Waals surface area (Å²) in [5.74, 6) is -0.276. The van der Waals surface area contributed by atoms with Crippen LogP contribution in [0.1, 0.15) is 30.5 Å². The third-order valence-corrected chi connectivity index (χ3v) is 3.40. The summed E-state index contributed by atoms with van der Waals surface area (Å²) in [5, 5.41) is 2.80. The molecule has 2 atom stereocenters. The molecule has 1 amide bonds. The Kier molecular flexibility index (Phi) is 4.32. The van der Waals surface area contributed by atoms with Crippen LogP contribution < -0.4 is 5.32 Å². The molecule has 6 heteroatoms. The molecule has 0 aromatic heterocycles. The SMILES string of the molecule is C[C@@H](NC(=O)[C@@H]1CCOC1)c1ccc(C(F)(F)F)cc1. The first-order chi connectivity index (χ1) is 9.38. The molecule has 20 heavy (non-hydrogen) atoms. The first kappa shape index (κ1) is 14.8. The second-order valence-electron chi connectivity index (χ2n) is 4.91. The smallest absolute Gasteiger partial charge is 0.381 e. The summed E-state index contributed by atoms with van der Waals surface area (Å²) in [6, 6.07) is 4.50. The largest absolute Gasteiger partial charge is 0.416 e. The summed E-state index contributed by atoms with van der Waals surface area (Å²) >= 11 is 0. The topological polar surface area (TPSA) is 38.3 Å². The van der Waals surface area contributed by atoms with E-state index in [1.807, 2.05) is 0 Å². The highest BCUT2D eigenvalue weighted by atomic mass is 19.4. The minimum Gasteiger partial charge on any atom is -0.381 e. The molecule has 0 bridgehead atoms. The van der Waals surface area contributed by atoms with Crippen molar-refractivity contribution < 1.29 is 22.7 Å². The van der Waals surface area contributed by atoms with Crippen molar-refractivity contribution >= 4 is 5.91 Å². The summed E-state index contributed by atoms with van der Waals surface area (Å²) in [7, 11) is 0. The lowest BCUT2D eigenvalue weighted by atomic mass is 10.0. The molecule has 0 unspecified atom stereocenters. The fourth-order valence-corrected chi connectivity index (χ4v) is 2.12. The third kappa shape index (κ3) is 3.50. The van der Waals surface area contributed by atoms with Crippen molar-refractivity contribution in [3.05, 3.63) is 35.4 Å². The van der Waals surface area contributed by atoms with Crippen molar-refractivity contribution in [3.8, 4) is 0 Å². The van der Waals surface area contributed by atoms with Crippen LogP contribution in [0.25, 0.3) is 0 Å². The Morgan fingerprint density at radius 2 is 2.00 bits per heavy atom. The number of carbonyl (C=O) groups excluding carboxylic acids is 1. The molecule has 1 saturated heterocycles. The van der Waals surface area contributed by atoms with Gasteiger partial charge in [0.1, 0.15) is 0 Å². The quantitative estimate of drug-likeness (QED) is 0.928. The van der Waals surface area contributed by atoms with Crippen molar-refractivity contribution in [1.82, 2.24) is 5.32 Å². The molecule has 2 rings (SSSR count). The number of ether oxygens (including phenoxy) is 1.